The normalized spacial score (nSPS) is 12.6. The molecule has 0 bridgehead atoms. The SMILES string of the molecule is Cc1cc(C(CC(=O)O)NC(=O)OC(C)(C)C)ccc1O. The minimum atomic E-state index is -1.04. The molecule has 0 spiro atoms. The van der Waals surface area contributed by atoms with Crippen LogP contribution in [0.15, 0.2) is 18.2 Å². The molecule has 0 saturated heterocycles. The highest BCUT2D eigenvalue weighted by Crippen LogP contribution is 2.24. The Bertz CT molecular complexity index is 533. The Hall–Kier alpha value is -2.24. The maximum atomic E-state index is 11.8. The molecule has 0 fully saturated rings. The first-order chi connectivity index (χ1) is 9.58. The average molecular weight is 295 g/mol. The smallest absolute Gasteiger partial charge is 0.408 e. The Balaban J connectivity index is 2.92. The predicted molar refractivity (Wildman–Crippen MR) is 77.2 cm³/mol. The van der Waals surface area contributed by atoms with E-state index >= 15 is 0 Å². The van der Waals surface area contributed by atoms with Gasteiger partial charge in [0, 0.05) is 0 Å². The van der Waals surface area contributed by atoms with Crippen LogP contribution >= 0.6 is 0 Å². The molecule has 0 radical (unpaired) electrons. The van der Waals surface area contributed by atoms with E-state index in [0.717, 1.165) is 0 Å². The minimum Gasteiger partial charge on any atom is -0.508 e. The van der Waals surface area contributed by atoms with E-state index in [1.54, 1.807) is 39.8 Å². The Morgan fingerprint density at radius 3 is 2.43 bits per heavy atom. The Morgan fingerprint density at radius 1 is 1.33 bits per heavy atom. The van der Waals surface area contributed by atoms with Gasteiger partial charge >= 0.3 is 12.1 Å². The maximum Gasteiger partial charge on any atom is 0.408 e. The van der Waals surface area contributed by atoms with Crippen LogP contribution in [0, 0.1) is 6.92 Å². The van der Waals surface area contributed by atoms with Gasteiger partial charge in [0.05, 0.1) is 12.5 Å². The zero-order valence-electron chi connectivity index (χ0n) is 12.6. The van der Waals surface area contributed by atoms with E-state index in [9.17, 15) is 14.7 Å². The fraction of sp³-hybridized carbons (Fsp3) is 0.467. The van der Waals surface area contributed by atoms with Crippen molar-refractivity contribution in [3.05, 3.63) is 29.3 Å². The molecule has 116 valence electrons. The van der Waals surface area contributed by atoms with Gasteiger partial charge in [-0.3, -0.25) is 4.79 Å². The standard InChI is InChI=1S/C15H21NO5/c1-9-7-10(5-6-12(9)17)11(8-13(18)19)16-14(20)21-15(2,3)4/h5-7,11,17H,8H2,1-4H3,(H,16,20)(H,18,19). The number of rotatable bonds is 4. The number of amides is 1. The van der Waals surface area contributed by atoms with E-state index in [1.165, 1.54) is 6.07 Å². The van der Waals surface area contributed by atoms with Crippen LogP contribution in [0.25, 0.3) is 0 Å². The number of aryl methyl sites for hydroxylation is 1. The molecule has 0 aromatic heterocycles. The van der Waals surface area contributed by atoms with Crippen LogP contribution < -0.4 is 5.32 Å². The van der Waals surface area contributed by atoms with Crippen LogP contribution in [-0.4, -0.2) is 27.9 Å². The van der Waals surface area contributed by atoms with Crippen LogP contribution in [0.2, 0.25) is 0 Å². The van der Waals surface area contributed by atoms with Crippen molar-refractivity contribution in [2.24, 2.45) is 0 Å². The fourth-order valence-electron chi connectivity index (χ4n) is 1.77. The van der Waals surface area contributed by atoms with E-state index in [4.69, 9.17) is 9.84 Å². The Morgan fingerprint density at radius 2 is 1.95 bits per heavy atom. The topological polar surface area (TPSA) is 95.9 Å². The van der Waals surface area contributed by atoms with Crippen LogP contribution in [0.1, 0.15) is 44.4 Å². The van der Waals surface area contributed by atoms with Crippen LogP contribution in [0.5, 0.6) is 5.75 Å². The lowest BCUT2D eigenvalue weighted by atomic mass is 10.0. The number of nitrogens with one attached hydrogen (secondary N) is 1. The second-order valence-corrected chi connectivity index (χ2v) is 5.84. The van der Waals surface area contributed by atoms with Gasteiger partial charge in [0.25, 0.3) is 0 Å². The molecule has 0 heterocycles. The summed E-state index contributed by atoms with van der Waals surface area (Å²) in [6.45, 7) is 6.88. The molecule has 0 aliphatic rings. The van der Waals surface area contributed by atoms with Crippen molar-refractivity contribution >= 4 is 12.1 Å². The van der Waals surface area contributed by atoms with Gasteiger partial charge in [-0.05, 0) is 44.9 Å². The number of carboxylic acids is 1. The first-order valence-corrected chi connectivity index (χ1v) is 6.59. The zero-order chi connectivity index (χ0) is 16.2. The largest absolute Gasteiger partial charge is 0.508 e. The highest BCUT2D eigenvalue weighted by Gasteiger charge is 2.22. The number of alkyl carbamates (subject to hydrolysis) is 1. The molecule has 6 heteroatoms. The molecule has 1 aromatic carbocycles. The van der Waals surface area contributed by atoms with E-state index in [0.29, 0.717) is 11.1 Å². The number of ether oxygens (including phenoxy) is 1. The Labute approximate surface area is 123 Å². The van der Waals surface area contributed by atoms with E-state index in [2.05, 4.69) is 5.32 Å². The number of carbonyl (C=O) groups excluding carboxylic acids is 1. The number of phenols is 1. The summed E-state index contributed by atoms with van der Waals surface area (Å²) in [4.78, 5) is 22.8. The molecule has 1 amide bonds. The van der Waals surface area contributed by atoms with Gasteiger partial charge in [-0.15, -0.1) is 0 Å². The number of hydrogen-bond donors (Lipinski definition) is 3. The molecule has 21 heavy (non-hydrogen) atoms. The molecular weight excluding hydrogens is 274 g/mol. The quantitative estimate of drug-likeness (QED) is 0.793. The average Bonchev–Trinajstić information content (AvgIpc) is 2.28. The van der Waals surface area contributed by atoms with E-state index < -0.39 is 23.7 Å². The summed E-state index contributed by atoms with van der Waals surface area (Å²) in [6, 6.07) is 3.96. The maximum absolute atomic E-state index is 11.8. The summed E-state index contributed by atoms with van der Waals surface area (Å²) in [5.74, 6) is -0.924. The van der Waals surface area contributed by atoms with Crippen molar-refractivity contribution in [1.82, 2.24) is 5.32 Å². The molecule has 1 rings (SSSR count). The summed E-state index contributed by atoms with van der Waals surface area (Å²) in [5.41, 5.74) is 0.537. The van der Waals surface area contributed by atoms with Gasteiger partial charge in [0.2, 0.25) is 0 Å². The highest BCUT2D eigenvalue weighted by molar-refractivity contribution is 5.72. The van der Waals surface area contributed by atoms with Crippen LogP contribution in [-0.2, 0) is 9.53 Å². The van der Waals surface area contributed by atoms with Crippen molar-refractivity contribution < 1.29 is 24.5 Å². The molecular formula is C15H21NO5. The number of carbonyl (C=O) groups is 2. The first-order valence-electron chi connectivity index (χ1n) is 6.59. The van der Waals surface area contributed by atoms with Crippen molar-refractivity contribution in [2.75, 3.05) is 0 Å². The number of phenolic OH excluding ortho intramolecular Hbond substituents is 1. The Kier molecular flexibility index (Phi) is 5.18. The molecule has 6 nitrogen and oxygen atoms in total. The molecule has 0 saturated carbocycles. The molecule has 0 aliphatic heterocycles. The van der Waals surface area contributed by atoms with Gasteiger partial charge in [-0.25, -0.2) is 4.79 Å². The molecule has 1 atom stereocenters. The number of aliphatic carboxylic acids is 1. The summed E-state index contributed by atoms with van der Waals surface area (Å²) in [6.07, 6.45) is -0.955. The van der Waals surface area contributed by atoms with Crippen molar-refractivity contribution in [2.45, 2.75) is 45.8 Å². The third kappa shape index (κ3) is 5.72. The third-order valence-corrected chi connectivity index (χ3v) is 2.69. The highest BCUT2D eigenvalue weighted by atomic mass is 16.6. The number of benzene rings is 1. The molecule has 0 aliphatic carbocycles. The number of hydrogen-bond acceptors (Lipinski definition) is 4. The monoisotopic (exact) mass is 295 g/mol. The van der Waals surface area contributed by atoms with Gasteiger partial charge in [-0.1, -0.05) is 12.1 Å². The lowest BCUT2D eigenvalue weighted by Gasteiger charge is -2.23. The lowest BCUT2D eigenvalue weighted by Crippen LogP contribution is -2.35. The number of aromatic hydroxyl groups is 1. The minimum absolute atomic E-state index is 0.116. The van der Waals surface area contributed by atoms with Crippen molar-refractivity contribution in [3.63, 3.8) is 0 Å². The number of carboxylic acid groups (broad SMARTS) is 1. The summed E-state index contributed by atoms with van der Waals surface area (Å²) < 4.78 is 5.13. The van der Waals surface area contributed by atoms with Crippen molar-refractivity contribution in [3.8, 4) is 5.75 Å². The van der Waals surface area contributed by atoms with Gasteiger partial charge in [-0.2, -0.15) is 0 Å². The van der Waals surface area contributed by atoms with Gasteiger partial charge in [0.1, 0.15) is 11.4 Å². The van der Waals surface area contributed by atoms with Crippen LogP contribution in [0.3, 0.4) is 0 Å². The fourth-order valence-corrected chi connectivity index (χ4v) is 1.77. The van der Waals surface area contributed by atoms with E-state index in [-0.39, 0.29) is 12.2 Å². The van der Waals surface area contributed by atoms with Crippen LogP contribution in [0.4, 0.5) is 4.79 Å². The lowest BCUT2D eigenvalue weighted by molar-refractivity contribution is -0.137. The summed E-state index contributed by atoms with van der Waals surface area (Å²) in [5, 5.41) is 21.0. The van der Waals surface area contributed by atoms with Crippen molar-refractivity contribution in [1.29, 1.82) is 0 Å². The van der Waals surface area contributed by atoms with Gasteiger partial charge < -0.3 is 20.3 Å². The zero-order valence-corrected chi connectivity index (χ0v) is 12.6. The second-order valence-electron chi connectivity index (χ2n) is 5.84. The molecule has 3 N–H and O–H groups in total. The molecule has 1 unspecified atom stereocenters. The van der Waals surface area contributed by atoms with E-state index in [1.807, 2.05) is 0 Å². The second kappa shape index (κ2) is 6.47. The van der Waals surface area contributed by atoms with Gasteiger partial charge in [0.15, 0.2) is 0 Å². The summed E-state index contributed by atoms with van der Waals surface area (Å²) in [7, 11) is 0. The summed E-state index contributed by atoms with van der Waals surface area (Å²) >= 11 is 0. The molecule has 1 aromatic rings. The third-order valence-electron chi connectivity index (χ3n) is 2.69. The predicted octanol–water partition coefficient (Wildman–Crippen LogP) is 2.74. The first kappa shape index (κ1) is 16.8.